The van der Waals surface area contributed by atoms with Crippen LogP contribution < -0.4 is 5.73 Å². The van der Waals surface area contributed by atoms with E-state index in [1.807, 2.05) is 0 Å². The lowest BCUT2D eigenvalue weighted by Gasteiger charge is -2.27. The Hall–Kier alpha value is -0.610. The van der Waals surface area contributed by atoms with Gasteiger partial charge in [-0.2, -0.15) is 0 Å². The van der Waals surface area contributed by atoms with Crippen molar-refractivity contribution in [3.05, 3.63) is 0 Å². The molecule has 0 saturated heterocycles. The van der Waals surface area contributed by atoms with E-state index in [-0.39, 0.29) is 12.1 Å². The molecule has 4 heteroatoms. The third-order valence-electron chi connectivity index (χ3n) is 2.46. The first-order valence-electron chi connectivity index (χ1n) is 4.73. The lowest BCUT2D eigenvalue weighted by Crippen LogP contribution is -2.34. The third-order valence-corrected chi connectivity index (χ3v) is 2.46. The Kier molecular flexibility index (Phi) is 3.69. The second-order valence-electron chi connectivity index (χ2n) is 3.65. The molecule has 1 unspecified atom stereocenters. The van der Waals surface area contributed by atoms with Crippen molar-refractivity contribution in [2.75, 3.05) is 0 Å². The van der Waals surface area contributed by atoms with E-state index >= 15 is 0 Å². The van der Waals surface area contributed by atoms with Crippen LogP contribution in [0.1, 0.15) is 32.6 Å². The maximum Gasteiger partial charge on any atom is 0.332 e. The largest absolute Gasteiger partial charge is 0.479 e. The molecule has 0 bridgehead atoms. The van der Waals surface area contributed by atoms with E-state index in [1.54, 1.807) is 6.92 Å². The molecular formula is C9H17NO3. The van der Waals surface area contributed by atoms with Crippen LogP contribution in [-0.4, -0.2) is 29.3 Å². The lowest BCUT2D eigenvalue weighted by atomic mass is 9.93. The molecule has 76 valence electrons. The Morgan fingerprint density at radius 1 is 1.46 bits per heavy atom. The average molecular weight is 187 g/mol. The number of carboxylic acids is 1. The summed E-state index contributed by atoms with van der Waals surface area (Å²) >= 11 is 0. The van der Waals surface area contributed by atoms with Gasteiger partial charge < -0.3 is 15.6 Å². The van der Waals surface area contributed by atoms with Gasteiger partial charge in [0.1, 0.15) is 0 Å². The Labute approximate surface area is 78.1 Å². The van der Waals surface area contributed by atoms with Crippen molar-refractivity contribution < 1.29 is 14.6 Å². The Bertz CT molecular complexity index is 176. The zero-order chi connectivity index (χ0) is 9.84. The van der Waals surface area contributed by atoms with Crippen molar-refractivity contribution in [1.29, 1.82) is 0 Å². The summed E-state index contributed by atoms with van der Waals surface area (Å²) in [6, 6.07) is 0.278. The van der Waals surface area contributed by atoms with Crippen molar-refractivity contribution in [3.8, 4) is 0 Å². The Morgan fingerprint density at radius 3 is 2.46 bits per heavy atom. The molecule has 0 heterocycles. The van der Waals surface area contributed by atoms with E-state index in [2.05, 4.69) is 0 Å². The lowest BCUT2D eigenvalue weighted by molar-refractivity contribution is -0.153. The monoisotopic (exact) mass is 187 g/mol. The van der Waals surface area contributed by atoms with Crippen LogP contribution in [0.15, 0.2) is 0 Å². The first-order chi connectivity index (χ1) is 6.09. The van der Waals surface area contributed by atoms with Gasteiger partial charge in [-0.05, 0) is 32.6 Å². The summed E-state index contributed by atoms with van der Waals surface area (Å²) in [5, 5.41) is 8.61. The molecule has 0 spiro atoms. The first-order valence-corrected chi connectivity index (χ1v) is 4.73. The number of rotatable bonds is 3. The number of hydrogen-bond donors (Lipinski definition) is 2. The van der Waals surface area contributed by atoms with Crippen LogP contribution in [0.25, 0.3) is 0 Å². The molecule has 1 atom stereocenters. The van der Waals surface area contributed by atoms with Gasteiger partial charge in [0.05, 0.1) is 6.10 Å². The number of carbonyl (C=O) groups is 1. The number of ether oxygens (including phenoxy) is 1. The predicted molar refractivity (Wildman–Crippen MR) is 48.4 cm³/mol. The van der Waals surface area contributed by atoms with Crippen molar-refractivity contribution >= 4 is 5.97 Å². The molecule has 1 saturated carbocycles. The summed E-state index contributed by atoms with van der Waals surface area (Å²) in [6.45, 7) is 1.57. The number of hydrogen-bond acceptors (Lipinski definition) is 3. The molecular weight excluding hydrogens is 170 g/mol. The maximum atomic E-state index is 10.5. The minimum atomic E-state index is -0.894. The van der Waals surface area contributed by atoms with E-state index in [0.29, 0.717) is 0 Å². The van der Waals surface area contributed by atoms with Crippen molar-refractivity contribution in [3.63, 3.8) is 0 Å². The van der Waals surface area contributed by atoms with Gasteiger partial charge in [0, 0.05) is 6.04 Å². The molecule has 3 N–H and O–H groups in total. The van der Waals surface area contributed by atoms with Gasteiger partial charge in [-0.1, -0.05) is 0 Å². The predicted octanol–water partition coefficient (Wildman–Crippen LogP) is 0.746. The van der Waals surface area contributed by atoms with Crippen molar-refractivity contribution in [1.82, 2.24) is 0 Å². The molecule has 1 fully saturated rings. The molecule has 0 aromatic carbocycles. The molecule has 0 aromatic heterocycles. The van der Waals surface area contributed by atoms with Crippen LogP contribution in [0, 0.1) is 0 Å². The van der Waals surface area contributed by atoms with Gasteiger partial charge in [-0.15, -0.1) is 0 Å². The SMILES string of the molecule is CC(OC1CCC(N)CC1)C(=O)O. The van der Waals surface area contributed by atoms with Crippen molar-refractivity contribution in [2.45, 2.75) is 50.9 Å². The molecule has 0 aromatic rings. The van der Waals surface area contributed by atoms with E-state index in [9.17, 15) is 4.79 Å². The number of carboxylic acid groups (broad SMARTS) is 1. The summed E-state index contributed by atoms with van der Waals surface area (Å²) in [7, 11) is 0. The van der Waals surface area contributed by atoms with Gasteiger partial charge in [-0.25, -0.2) is 4.79 Å². The Balaban J connectivity index is 2.26. The van der Waals surface area contributed by atoms with E-state index in [4.69, 9.17) is 15.6 Å². The topological polar surface area (TPSA) is 72.5 Å². The highest BCUT2D eigenvalue weighted by Crippen LogP contribution is 2.20. The van der Waals surface area contributed by atoms with E-state index < -0.39 is 12.1 Å². The van der Waals surface area contributed by atoms with Crippen LogP contribution in [-0.2, 0) is 9.53 Å². The summed E-state index contributed by atoms with van der Waals surface area (Å²) in [5.74, 6) is -0.894. The van der Waals surface area contributed by atoms with E-state index in [1.165, 1.54) is 0 Å². The zero-order valence-corrected chi connectivity index (χ0v) is 7.90. The quantitative estimate of drug-likeness (QED) is 0.683. The summed E-state index contributed by atoms with van der Waals surface area (Å²) in [5.41, 5.74) is 5.72. The van der Waals surface area contributed by atoms with Gasteiger partial charge >= 0.3 is 5.97 Å². The van der Waals surface area contributed by atoms with Crippen LogP contribution in [0.4, 0.5) is 0 Å². The summed E-state index contributed by atoms with van der Waals surface area (Å²) < 4.78 is 5.35. The fraction of sp³-hybridized carbons (Fsp3) is 0.889. The molecule has 1 aliphatic rings. The molecule has 1 rings (SSSR count). The number of aliphatic carboxylic acids is 1. The van der Waals surface area contributed by atoms with Gasteiger partial charge in [0.25, 0.3) is 0 Å². The highest BCUT2D eigenvalue weighted by Gasteiger charge is 2.23. The molecule has 13 heavy (non-hydrogen) atoms. The first kappa shape index (κ1) is 10.5. The second-order valence-corrected chi connectivity index (χ2v) is 3.65. The van der Waals surface area contributed by atoms with Crippen LogP contribution in [0.2, 0.25) is 0 Å². The fourth-order valence-electron chi connectivity index (χ4n) is 1.57. The summed E-state index contributed by atoms with van der Waals surface area (Å²) in [4.78, 5) is 10.5. The molecule has 1 aliphatic carbocycles. The molecule has 0 radical (unpaired) electrons. The Morgan fingerprint density at radius 2 is 2.00 bits per heavy atom. The van der Waals surface area contributed by atoms with Gasteiger partial charge in [0.15, 0.2) is 6.10 Å². The second kappa shape index (κ2) is 4.58. The van der Waals surface area contributed by atoms with E-state index in [0.717, 1.165) is 25.7 Å². The molecule has 4 nitrogen and oxygen atoms in total. The van der Waals surface area contributed by atoms with Gasteiger partial charge in [-0.3, -0.25) is 0 Å². The van der Waals surface area contributed by atoms with Gasteiger partial charge in [0.2, 0.25) is 0 Å². The fourth-order valence-corrected chi connectivity index (χ4v) is 1.57. The maximum absolute atomic E-state index is 10.5. The standard InChI is InChI=1S/C9H17NO3/c1-6(9(11)12)13-8-4-2-7(10)3-5-8/h6-8H,2-5,10H2,1H3,(H,11,12). The average Bonchev–Trinajstić information content (AvgIpc) is 2.08. The minimum absolute atomic E-state index is 0.0888. The summed E-state index contributed by atoms with van der Waals surface area (Å²) in [6.07, 6.45) is 3.05. The molecule has 0 aliphatic heterocycles. The van der Waals surface area contributed by atoms with Crippen LogP contribution >= 0.6 is 0 Å². The normalized spacial score (nSPS) is 31.2. The highest BCUT2D eigenvalue weighted by atomic mass is 16.5. The highest BCUT2D eigenvalue weighted by molar-refractivity contribution is 5.71. The van der Waals surface area contributed by atoms with Crippen molar-refractivity contribution in [2.24, 2.45) is 5.73 Å². The zero-order valence-electron chi connectivity index (χ0n) is 7.90. The van der Waals surface area contributed by atoms with Crippen LogP contribution in [0.3, 0.4) is 0 Å². The smallest absolute Gasteiger partial charge is 0.332 e. The number of nitrogens with two attached hydrogens (primary N) is 1. The minimum Gasteiger partial charge on any atom is -0.479 e. The van der Waals surface area contributed by atoms with Crippen LogP contribution in [0.5, 0.6) is 0 Å². The molecule has 0 amide bonds. The third kappa shape index (κ3) is 3.32.